The molecule has 0 fully saturated rings. The second kappa shape index (κ2) is 20.5. The third-order valence-corrected chi connectivity index (χ3v) is 5.44. The fourth-order valence-corrected chi connectivity index (χ4v) is 3.48. The van der Waals surface area contributed by atoms with E-state index in [1.54, 1.807) is 0 Å². The zero-order chi connectivity index (χ0) is 20.9. The number of unbranched alkanes of at least 4 members (excludes halogenated alkanes) is 12. The van der Waals surface area contributed by atoms with Crippen molar-refractivity contribution in [1.29, 1.82) is 0 Å². The van der Waals surface area contributed by atoms with E-state index in [9.17, 15) is 0 Å². The van der Waals surface area contributed by atoms with E-state index in [0.29, 0.717) is 6.61 Å². The molecule has 0 heterocycles. The summed E-state index contributed by atoms with van der Waals surface area (Å²) in [5, 5.41) is 9.16. The van der Waals surface area contributed by atoms with E-state index < -0.39 is 12.8 Å². The number of hydrogen-bond acceptors (Lipinski definition) is 4. The largest absolute Gasteiger partial charge is 0.394 e. The molecule has 3 N–H and O–H groups in total. The van der Waals surface area contributed by atoms with Crippen molar-refractivity contribution in [2.45, 2.75) is 103 Å². The first-order chi connectivity index (χ1) is 13.5. The summed E-state index contributed by atoms with van der Waals surface area (Å²) in [4.78, 5) is 18.0. The molecule has 5 nitrogen and oxygen atoms in total. The molecule has 0 aliphatic carbocycles. The van der Waals surface area contributed by atoms with Gasteiger partial charge in [0.05, 0.1) is 13.2 Å². The molecule has 0 amide bonds. The highest BCUT2D eigenvalue weighted by Crippen LogP contribution is 2.36. The number of ether oxygens (including phenoxy) is 1. The molecular weight excluding hydrogens is 395 g/mol. The van der Waals surface area contributed by atoms with Crippen LogP contribution in [0.5, 0.6) is 0 Å². The summed E-state index contributed by atoms with van der Waals surface area (Å²) in [5.41, 5.74) is 0. The molecule has 0 bridgehead atoms. The molecule has 1 unspecified atom stereocenters. The minimum absolute atomic E-state index is 0.0901. The van der Waals surface area contributed by atoms with E-state index >= 15 is 0 Å². The van der Waals surface area contributed by atoms with Crippen LogP contribution in [0.4, 0.5) is 0 Å². The summed E-state index contributed by atoms with van der Waals surface area (Å²) < 4.78 is 10.2. The van der Waals surface area contributed by atoms with Gasteiger partial charge in [-0.05, 0) is 43.9 Å². The number of rotatable bonds is 21. The predicted octanol–water partition coefficient (Wildman–Crippen LogP) is 5.63. The van der Waals surface area contributed by atoms with Gasteiger partial charge in [-0.1, -0.05) is 76.9 Å². The Labute approximate surface area is 177 Å². The standard InChI is InChI=1S/C21H43O5PS/c1-2-3-4-5-6-7-8-9-10-11-12-13-14-15-16-17-18-25-21(19-22)20-26-27(23,24)28/h9-10,21-22H,2-8,11-20H2,1H3,(H2,23,24,28)/b10-9-. The van der Waals surface area contributed by atoms with Gasteiger partial charge in [0.15, 0.2) is 0 Å². The summed E-state index contributed by atoms with van der Waals surface area (Å²) in [5.74, 6) is 0. The van der Waals surface area contributed by atoms with Crippen molar-refractivity contribution in [2.24, 2.45) is 0 Å². The highest BCUT2D eigenvalue weighted by Gasteiger charge is 2.14. The molecule has 0 radical (unpaired) electrons. The van der Waals surface area contributed by atoms with Crippen molar-refractivity contribution in [3.8, 4) is 0 Å². The Morgan fingerprint density at radius 3 is 1.82 bits per heavy atom. The van der Waals surface area contributed by atoms with Gasteiger partial charge in [0, 0.05) is 6.61 Å². The maximum absolute atomic E-state index is 9.16. The van der Waals surface area contributed by atoms with Crippen molar-refractivity contribution in [3.63, 3.8) is 0 Å². The number of aliphatic hydroxyl groups excluding tert-OH is 1. The zero-order valence-corrected chi connectivity index (χ0v) is 19.5. The lowest BCUT2D eigenvalue weighted by molar-refractivity contribution is -0.0172. The highest BCUT2D eigenvalue weighted by atomic mass is 32.5. The lowest BCUT2D eigenvalue weighted by atomic mass is 10.1. The molecule has 0 spiro atoms. The van der Waals surface area contributed by atoms with Crippen molar-refractivity contribution in [1.82, 2.24) is 0 Å². The second-order valence-electron chi connectivity index (χ2n) is 7.40. The topological polar surface area (TPSA) is 79.2 Å². The van der Waals surface area contributed by atoms with Gasteiger partial charge in [-0.25, -0.2) is 0 Å². The molecule has 7 heteroatoms. The van der Waals surface area contributed by atoms with Crippen LogP contribution in [-0.2, 0) is 21.1 Å². The molecule has 0 saturated heterocycles. The minimum Gasteiger partial charge on any atom is -0.394 e. The average molecular weight is 439 g/mol. The minimum atomic E-state index is -3.67. The third-order valence-electron chi connectivity index (χ3n) is 4.64. The van der Waals surface area contributed by atoms with Crippen molar-refractivity contribution >= 4 is 18.5 Å². The monoisotopic (exact) mass is 438 g/mol. The Bertz CT molecular complexity index is 400. The highest BCUT2D eigenvalue weighted by molar-refractivity contribution is 8.06. The third kappa shape index (κ3) is 22.5. The average Bonchev–Trinajstić information content (AvgIpc) is 2.65. The molecule has 0 aliphatic rings. The van der Waals surface area contributed by atoms with Gasteiger partial charge in [0.1, 0.15) is 6.10 Å². The first-order valence-electron chi connectivity index (χ1n) is 11.1. The fourth-order valence-electron chi connectivity index (χ4n) is 2.93. The van der Waals surface area contributed by atoms with Gasteiger partial charge in [-0.2, -0.15) is 0 Å². The fraction of sp³-hybridized carbons (Fsp3) is 0.905. The Morgan fingerprint density at radius 1 is 0.821 bits per heavy atom. The van der Waals surface area contributed by atoms with Crippen molar-refractivity contribution in [2.75, 3.05) is 19.8 Å². The molecule has 168 valence electrons. The maximum Gasteiger partial charge on any atom is 0.321 e. The maximum atomic E-state index is 9.16. The molecule has 0 aromatic carbocycles. The van der Waals surface area contributed by atoms with E-state index in [-0.39, 0.29) is 13.2 Å². The van der Waals surface area contributed by atoms with Crippen LogP contribution in [0.15, 0.2) is 12.2 Å². The number of allylic oxidation sites excluding steroid dienone is 2. The van der Waals surface area contributed by atoms with Crippen molar-refractivity contribution < 1.29 is 24.2 Å². The molecule has 0 rings (SSSR count). The summed E-state index contributed by atoms with van der Waals surface area (Å²) in [6, 6.07) is 0. The van der Waals surface area contributed by atoms with E-state index in [1.165, 1.54) is 77.0 Å². The molecule has 0 aromatic heterocycles. The van der Waals surface area contributed by atoms with Crippen molar-refractivity contribution in [3.05, 3.63) is 12.2 Å². The first-order valence-corrected chi connectivity index (χ1v) is 13.7. The van der Waals surface area contributed by atoms with Crippen LogP contribution in [-0.4, -0.2) is 40.8 Å². The number of hydrogen-bond donors (Lipinski definition) is 3. The van der Waals surface area contributed by atoms with Crippen LogP contribution in [0.2, 0.25) is 0 Å². The van der Waals surface area contributed by atoms with E-state index in [0.717, 1.165) is 12.8 Å². The Morgan fingerprint density at radius 2 is 1.32 bits per heavy atom. The Kier molecular flexibility index (Phi) is 20.6. The van der Waals surface area contributed by atoms with Gasteiger partial charge in [0.25, 0.3) is 0 Å². The van der Waals surface area contributed by atoms with Crippen LogP contribution >= 0.6 is 6.72 Å². The lowest BCUT2D eigenvalue weighted by Crippen LogP contribution is -2.24. The van der Waals surface area contributed by atoms with E-state index in [2.05, 4.69) is 30.9 Å². The molecule has 0 aromatic rings. The van der Waals surface area contributed by atoms with Crippen LogP contribution < -0.4 is 0 Å². The van der Waals surface area contributed by atoms with Gasteiger partial charge in [-0.3, -0.25) is 0 Å². The Balaban J connectivity index is 3.32. The van der Waals surface area contributed by atoms with Crippen LogP contribution in [0.1, 0.15) is 96.8 Å². The summed E-state index contributed by atoms with van der Waals surface area (Å²) in [7, 11) is 0. The van der Waals surface area contributed by atoms with E-state index in [4.69, 9.17) is 24.2 Å². The number of aliphatic hydroxyl groups is 1. The SMILES string of the molecule is CCCCCCCC/C=C\CCCCCCCCOC(CO)COP(O)(O)=S. The zero-order valence-electron chi connectivity index (χ0n) is 17.8. The van der Waals surface area contributed by atoms with Crippen LogP contribution in [0.3, 0.4) is 0 Å². The van der Waals surface area contributed by atoms with Crippen LogP contribution in [0.25, 0.3) is 0 Å². The first kappa shape index (κ1) is 28.2. The molecule has 1 atom stereocenters. The smallest absolute Gasteiger partial charge is 0.321 e. The van der Waals surface area contributed by atoms with Gasteiger partial charge in [0.2, 0.25) is 0 Å². The molecule has 28 heavy (non-hydrogen) atoms. The molecule has 0 saturated carbocycles. The molecule has 0 aliphatic heterocycles. The predicted molar refractivity (Wildman–Crippen MR) is 121 cm³/mol. The molecular formula is C21H43O5PS. The lowest BCUT2D eigenvalue weighted by Gasteiger charge is -2.17. The normalized spacial score (nSPS) is 13.4. The quantitative estimate of drug-likeness (QED) is 0.122. The van der Waals surface area contributed by atoms with Gasteiger partial charge < -0.3 is 24.2 Å². The Hall–Kier alpha value is 0.190. The van der Waals surface area contributed by atoms with Gasteiger partial charge >= 0.3 is 6.72 Å². The van der Waals surface area contributed by atoms with Crippen LogP contribution in [0, 0.1) is 0 Å². The summed E-state index contributed by atoms with van der Waals surface area (Å²) in [6.45, 7) is -1.19. The summed E-state index contributed by atoms with van der Waals surface area (Å²) >= 11 is 4.37. The van der Waals surface area contributed by atoms with E-state index in [1.807, 2.05) is 0 Å². The summed E-state index contributed by atoms with van der Waals surface area (Å²) in [6.07, 6.45) is 21.8. The van der Waals surface area contributed by atoms with Gasteiger partial charge in [-0.15, -0.1) is 0 Å². The second-order valence-corrected chi connectivity index (χ2v) is 10.1.